The van der Waals surface area contributed by atoms with Crippen LogP contribution in [-0.4, -0.2) is 40.7 Å². The minimum absolute atomic E-state index is 0.137. The van der Waals surface area contributed by atoms with Crippen molar-refractivity contribution < 1.29 is 9.59 Å². The van der Waals surface area contributed by atoms with Gasteiger partial charge < -0.3 is 15.5 Å². The Morgan fingerprint density at radius 1 is 1.00 bits per heavy atom. The minimum Gasteiger partial charge on any atom is -0.371 e. The Bertz CT molecular complexity index is 1090. The van der Waals surface area contributed by atoms with Crippen LogP contribution in [0.4, 0.5) is 11.4 Å². The number of aryl methyl sites for hydroxylation is 1. The predicted octanol–water partition coefficient (Wildman–Crippen LogP) is 3.93. The van der Waals surface area contributed by atoms with Crippen molar-refractivity contribution in [3.63, 3.8) is 0 Å². The van der Waals surface area contributed by atoms with Crippen LogP contribution in [0.5, 0.6) is 0 Å². The monoisotopic (exact) mass is 431 g/mol. The molecule has 1 atom stereocenters. The van der Waals surface area contributed by atoms with Crippen LogP contribution in [0.15, 0.2) is 60.7 Å². The van der Waals surface area contributed by atoms with Gasteiger partial charge in [0.2, 0.25) is 5.91 Å². The van der Waals surface area contributed by atoms with E-state index in [1.165, 1.54) is 12.8 Å². The third-order valence-corrected chi connectivity index (χ3v) is 5.59. The zero-order chi connectivity index (χ0) is 22.5. The van der Waals surface area contributed by atoms with E-state index in [9.17, 15) is 9.59 Å². The Balaban J connectivity index is 1.33. The number of hydrogen-bond acceptors (Lipinski definition) is 4. The van der Waals surface area contributed by atoms with Crippen LogP contribution in [-0.2, 0) is 4.79 Å². The van der Waals surface area contributed by atoms with E-state index in [0.717, 1.165) is 35.8 Å². The van der Waals surface area contributed by atoms with Gasteiger partial charge in [-0.25, -0.2) is 4.68 Å². The molecule has 166 valence electrons. The summed E-state index contributed by atoms with van der Waals surface area (Å²) in [6.45, 7) is 5.84. The summed E-state index contributed by atoms with van der Waals surface area (Å²) >= 11 is 0. The number of nitrogens with one attached hydrogen (secondary N) is 2. The number of amides is 2. The summed E-state index contributed by atoms with van der Waals surface area (Å²) in [4.78, 5) is 27.5. The molecule has 32 heavy (non-hydrogen) atoms. The van der Waals surface area contributed by atoms with Crippen molar-refractivity contribution >= 4 is 23.2 Å². The van der Waals surface area contributed by atoms with Gasteiger partial charge in [0.15, 0.2) is 5.69 Å². The molecule has 0 bridgehead atoms. The topological polar surface area (TPSA) is 79.3 Å². The van der Waals surface area contributed by atoms with Gasteiger partial charge in [-0.15, -0.1) is 0 Å². The SMILES string of the molecule is Cc1cc(C(=O)NC(C)CC(=O)Nc2cccc(N3CCCC3)c2)nn1-c1ccccc1. The Hall–Kier alpha value is -3.61. The second-order valence-corrected chi connectivity index (χ2v) is 8.29. The normalized spacial score (nSPS) is 14.2. The van der Waals surface area contributed by atoms with E-state index in [4.69, 9.17) is 0 Å². The quantitative estimate of drug-likeness (QED) is 0.594. The molecule has 1 aliphatic rings. The van der Waals surface area contributed by atoms with E-state index >= 15 is 0 Å². The fraction of sp³-hybridized carbons (Fsp3) is 0.320. The molecule has 2 N–H and O–H groups in total. The van der Waals surface area contributed by atoms with Gasteiger partial charge in [0.05, 0.1) is 5.69 Å². The summed E-state index contributed by atoms with van der Waals surface area (Å²) < 4.78 is 1.74. The van der Waals surface area contributed by atoms with Crippen LogP contribution in [0.2, 0.25) is 0 Å². The molecule has 7 heteroatoms. The van der Waals surface area contributed by atoms with Crippen molar-refractivity contribution in [2.24, 2.45) is 0 Å². The average Bonchev–Trinajstić information content (AvgIpc) is 3.44. The third kappa shape index (κ3) is 5.17. The van der Waals surface area contributed by atoms with Crippen LogP contribution >= 0.6 is 0 Å². The second-order valence-electron chi connectivity index (χ2n) is 8.29. The molecule has 3 aromatic rings. The highest BCUT2D eigenvalue weighted by molar-refractivity contribution is 5.94. The highest BCUT2D eigenvalue weighted by Crippen LogP contribution is 2.23. The Labute approximate surface area is 188 Å². The van der Waals surface area contributed by atoms with Crippen molar-refractivity contribution in [3.8, 4) is 5.69 Å². The van der Waals surface area contributed by atoms with Crippen molar-refractivity contribution in [3.05, 3.63) is 72.1 Å². The molecule has 1 fully saturated rings. The van der Waals surface area contributed by atoms with Gasteiger partial charge in [-0.2, -0.15) is 5.10 Å². The van der Waals surface area contributed by atoms with Crippen molar-refractivity contribution in [2.75, 3.05) is 23.3 Å². The average molecular weight is 432 g/mol. The fourth-order valence-electron chi connectivity index (χ4n) is 4.01. The molecule has 2 amide bonds. The van der Waals surface area contributed by atoms with E-state index in [0.29, 0.717) is 5.69 Å². The molecule has 1 unspecified atom stereocenters. The fourth-order valence-corrected chi connectivity index (χ4v) is 4.01. The zero-order valence-electron chi connectivity index (χ0n) is 18.5. The maximum Gasteiger partial charge on any atom is 0.272 e. The van der Waals surface area contributed by atoms with Crippen molar-refractivity contribution in [1.29, 1.82) is 0 Å². The van der Waals surface area contributed by atoms with Crippen molar-refractivity contribution in [1.82, 2.24) is 15.1 Å². The lowest BCUT2D eigenvalue weighted by molar-refractivity contribution is -0.116. The van der Waals surface area contributed by atoms with Crippen LogP contribution in [0.3, 0.4) is 0 Å². The number of anilines is 2. The van der Waals surface area contributed by atoms with Crippen LogP contribution < -0.4 is 15.5 Å². The Morgan fingerprint density at radius 3 is 2.47 bits per heavy atom. The lowest BCUT2D eigenvalue weighted by atomic mass is 10.2. The summed E-state index contributed by atoms with van der Waals surface area (Å²) in [7, 11) is 0. The van der Waals surface area contributed by atoms with E-state index in [1.807, 2.05) is 62.4 Å². The van der Waals surface area contributed by atoms with Gasteiger partial charge in [0.1, 0.15) is 0 Å². The molecular weight excluding hydrogens is 402 g/mol. The molecular formula is C25H29N5O2. The first-order chi connectivity index (χ1) is 15.5. The number of nitrogens with zero attached hydrogens (tertiary/aromatic N) is 3. The van der Waals surface area contributed by atoms with E-state index < -0.39 is 0 Å². The third-order valence-electron chi connectivity index (χ3n) is 5.59. The van der Waals surface area contributed by atoms with Crippen LogP contribution in [0, 0.1) is 6.92 Å². The molecule has 0 saturated carbocycles. The molecule has 1 aromatic heterocycles. The second kappa shape index (κ2) is 9.68. The number of carbonyl (C=O) groups excluding carboxylic acids is 2. The number of hydrogen-bond donors (Lipinski definition) is 2. The van der Waals surface area contributed by atoms with Gasteiger partial charge in [0.25, 0.3) is 5.91 Å². The predicted molar refractivity (Wildman–Crippen MR) is 126 cm³/mol. The number of benzene rings is 2. The molecule has 4 rings (SSSR count). The van der Waals surface area contributed by atoms with Gasteiger partial charge >= 0.3 is 0 Å². The first kappa shape index (κ1) is 21.6. The summed E-state index contributed by atoms with van der Waals surface area (Å²) in [5.41, 5.74) is 4.00. The van der Waals surface area contributed by atoms with Gasteiger partial charge in [0, 0.05) is 42.6 Å². The van der Waals surface area contributed by atoms with Crippen LogP contribution in [0.25, 0.3) is 5.69 Å². The molecule has 2 heterocycles. The van der Waals surface area contributed by atoms with Gasteiger partial charge in [-0.1, -0.05) is 24.3 Å². The molecule has 0 spiro atoms. The smallest absolute Gasteiger partial charge is 0.272 e. The summed E-state index contributed by atoms with van der Waals surface area (Å²) in [5.74, 6) is -0.429. The van der Waals surface area contributed by atoms with Crippen LogP contribution in [0.1, 0.15) is 42.4 Å². The van der Waals surface area contributed by atoms with E-state index in [2.05, 4.69) is 26.7 Å². The lowest BCUT2D eigenvalue weighted by Gasteiger charge is -2.19. The maximum absolute atomic E-state index is 12.7. The summed E-state index contributed by atoms with van der Waals surface area (Å²) in [6.07, 6.45) is 2.59. The number of rotatable bonds is 7. The first-order valence-corrected chi connectivity index (χ1v) is 11.1. The minimum atomic E-state index is -0.327. The number of carbonyl (C=O) groups is 2. The Morgan fingerprint density at radius 2 is 1.72 bits per heavy atom. The largest absolute Gasteiger partial charge is 0.371 e. The highest BCUT2D eigenvalue weighted by Gasteiger charge is 2.18. The molecule has 7 nitrogen and oxygen atoms in total. The number of aromatic nitrogens is 2. The van der Waals surface area contributed by atoms with E-state index in [-0.39, 0.29) is 24.3 Å². The summed E-state index contributed by atoms with van der Waals surface area (Å²) in [6, 6.07) is 19.0. The summed E-state index contributed by atoms with van der Waals surface area (Å²) in [5, 5.41) is 10.3. The lowest BCUT2D eigenvalue weighted by Crippen LogP contribution is -2.35. The van der Waals surface area contributed by atoms with E-state index in [1.54, 1.807) is 10.7 Å². The zero-order valence-corrected chi connectivity index (χ0v) is 18.5. The highest BCUT2D eigenvalue weighted by atomic mass is 16.2. The van der Waals surface area contributed by atoms with Crippen molar-refractivity contribution in [2.45, 2.75) is 39.2 Å². The maximum atomic E-state index is 12.7. The molecule has 0 aliphatic carbocycles. The molecule has 0 radical (unpaired) electrons. The number of para-hydroxylation sites is 1. The molecule has 1 saturated heterocycles. The Kier molecular flexibility index (Phi) is 6.54. The van der Waals surface area contributed by atoms with Gasteiger partial charge in [-0.05, 0) is 63.1 Å². The molecule has 1 aliphatic heterocycles. The standard InChI is InChI=1S/C25H29N5O2/c1-18(15-24(31)27-20-9-8-12-22(17-20)29-13-6-7-14-29)26-25(32)23-16-19(2)30(28-23)21-10-4-3-5-11-21/h3-5,8-12,16-18H,6-7,13-15H2,1-2H3,(H,26,32)(H,27,31). The first-order valence-electron chi connectivity index (χ1n) is 11.1. The van der Waals surface area contributed by atoms with Gasteiger partial charge in [-0.3, -0.25) is 9.59 Å². The molecule has 2 aromatic carbocycles.